The molecule has 0 bridgehead atoms. The lowest BCUT2D eigenvalue weighted by Gasteiger charge is -2.26. The van der Waals surface area contributed by atoms with Gasteiger partial charge in [0.05, 0.1) is 0 Å². The van der Waals surface area contributed by atoms with Crippen LogP contribution in [0, 0.1) is 11.7 Å². The van der Waals surface area contributed by atoms with Gasteiger partial charge >= 0.3 is 0 Å². The molecule has 0 aromatic heterocycles. The van der Waals surface area contributed by atoms with Crippen LogP contribution < -0.4 is 10.2 Å². The van der Waals surface area contributed by atoms with Crippen LogP contribution in [-0.4, -0.2) is 19.6 Å². The highest BCUT2D eigenvalue weighted by Crippen LogP contribution is 2.28. The molecule has 118 valence electrons. The van der Waals surface area contributed by atoms with Gasteiger partial charge < -0.3 is 10.2 Å². The Balaban J connectivity index is 2.12. The Labute approximate surface area is 128 Å². The molecule has 0 spiro atoms. The van der Waals surface area contributed by atoms with E-state index in [9.17, 15) is 4.39 Å². The van der Waals surface area contributed by atoms with Gasteiger partial charge in [0.15, 0.2) is 0 Å². The zero-order valence-corrected chi connectivity index (χ0v) is 13.5. The number of rotatable bonds is 6. The number of benzene rings is 1. The van der Waals surface area contributed by atoms with Gasteiger partial charge in [-0.1, -0.05) is 26.3 Å². The molecule has 1 atom stereocenters. The molecule has 0 aliphatic carbocycles. The predicted molar refractivity (Wildman–Crippen MR) is 88.2 cm³/mol. The minimum Gasteiger partial charge on any atom is -0.371 e. The molecule has 1 fully saturated rings. The van der Waals surface area contributed by atoms with Gasteiger partial charge in [-0.2, -0.15) is 0 Å². The summed E-state index contributed by atoms with van der Waals surface area (Å²) >= 11 is 0. The minimum atomic E-state index is -0.0765. The molecule has 0 saturated carbocycles. The molecular formula is C18H29FN2. The van der Waals surface area contributed by atoms with Crippen molar-refractivity contribution in [2.24, 2.45) is 5.92 Å². The first-order chi connectivity index (χ1) is 10.3. The van der Waals surface area contributed by atoms with Crippen LogP contribution in [0.15, 0.2) is 18.2 Å². The number of nitrogens with one attached hydrogen (secondary N) is 1. The van der Waals surface area contributed by atoms with Gasteiger partial charge in [0.1, 0.15) is 5.82 Å². The first-order valence-electron chi connectivity index (χ1n) is 8.49. The number of nitrogens with zero attached hydrogens (tertiary/aromatic N) is 1. The molecule has 3 heteroatoms. The molecule has 0 radical (unpaired) electrons. The van der Waals surface area contributed by atoms with E-state index in [1.165, 1.54) is 25.7 Å². The van der Waals surface area contributed by atoms with E-state index in [2.05, 4.69) is 30.1 Å². The highest BCUT2D eigenvalue weighted by Gasteiger charge is 2.19. The number of anilines is 1. The smallest absolute Gasteiger partial charge is 0.129 e. The second-order valence-electron chi connectivity index (χ2n) is 6.11. The topological polar surface area (TPSA) is 15.3 Å². The van der Waals surface area contributed by atoms with Crippen LogP contribution in [0.4, 0.5) is 10.1 Å². The molecule has 1 aromatic rings. The van der Waals surface area contributed by atoms with Crippen LogP contribution in [0.5, 0.6) is 0 Å². The third-order valence-corrected chi connectivity index (χ3v) is 4.59. The quantitative estimate of drug-likeness (QED) is 0.785. The summed E-state index contributed by atoms with van der Waals surface area (Å²) in [6.07, 6.45) is 6.10. The Morgan fingerprint density at radius 2 is 2.10 bits per heavy atom. The second kappa shape index (κ2) is 8.38. The van der Waals surface area contributed by atoms with Crippen LogP contribution in [0.3, 0.4) is 0 Å². The maximum absolute atomic E-state index is 14.2. The van der Waals surface area contributed by atoms with E-state index in [1.54, 1.807) is 6.07 Å². The van der Waals surface area contributed by atoms with Gasteiger partial charge in [0, 0.05) is 30.9 Å². The summed E-state index contributed by atoms with van der Waals surface area (Å²) in [4.78, 5) is 2.39. The number of halogens is 1. The monoisotopic (exact) mass is 292 g/mol. The largest absolute Gasteiger partial charge is 0.371 e. The summed E-state index contributed by atoms with van der Waals surface area (Å²) in [6.45, 7) is 8.09. The summed E-state index contributed by atoms with van der Waals surface area (Å²) in [5, 5.41) is 3.34. The third-order valence-electron chi connectivity index (χ3n) is 4.59. The van der Waals surface area contributed by atoms with Gasteiger partial charge in [-0.05, 0) is 50.3 Å². The van der Waals surface area contributed by atoms with Crippen molar-refractivity contribution in [2.75, 3.05) is 24.5 Å². The van der Waals surface area contributed by atoms with Crippen molar-refractivity contribution in [3.63, 3.8) is 0 Å². The number of hydrogen-bond donors (Lipinski definition) is 1. The van der Waals surface area contributed by atoms with Crippen LogP contribution in [0.1, 0.15) is 51.5 Å². The molecule has 1 aliphatic heterocycles. The van der Waals surface area contributed by atoms with Crippen molar-refractivity contribution in [3.8, 4) is 0 Å². The standard InChI is InChI=1S/C18H29FN2/c1-3-11-20-14-16-17(19)8-5-9-18(16)21-12-6-7-15(4-2)10-13-21/h5,8-9,15,20H,3-4,6-7,10-14H2,1-2H3. The average Bonchev–Trinajstić information content (AvgIpc) is 2.74. The molecule has 1 aliphatic rings. The molecule has 1 saturated heterocycles. The van der Waals surface area contributed by atoms with Crippen LogP contribution in [0.25, 0.3) is 0 Å². The van der Waals surface area contributed by atoms with Gasteiger partial charge in [0.25, 0.3) is 0 Å². The fourth-order valence-electron chi connectivity index (χ4n) is 3.22. The lowest BCUT2D eigenvalue weighted by atomic mass is 9.98. The van der Waals surface area contributed by atoms with E-state index in [0.717, 1.165) is 43.2 Å². The fourth-order valence-corrected chi connectivity index (χ4v) is 3.22. The highest BCUT2D eigenvalue weighted by molar-refractivity contribution is 5.54. The summed E-state index contributed by atoms with van der Waals surface area (Å²) < 4.78 is 14.2. The van der Waals surface area contributed by atoms with Crippen LogP contribution in [-0.2, 0) is 6.54 Å². The first-order valence-corrected chi connectivity index (χ1v) is 8.49. The molecular weight excluding hydrogens is 263 g/mol. The van der Waals surface area contributed by atoms with Crippen molar-refractivity contribution in [3.05, 3.63) is 29.6 Å². The maximum Gasteiger partial charge on any atom is 0.129 e. The highest BCUT2D eigenvalue weighted by atomic mass is 19.1. The first kappa shape index (κ1) is 16.3. The van der Waals surface area contributed by atoms with Gasteiger partial charge in [0.2, 0.25) is 0 Å². The Morgan fingerprint density at radius 1 is 1.24 bits per heavy atom. The normalized spacial score (nSPS) is 19.6. The third kappa shape index (κ3) is 4.44. The average molecular weight is 292 g/mol. The Morgan fingerprint density at radius 3 is 2.86 bits per heavy atom. The van der Waals surface area contributed by atoms with Gasteiger partial charge in [-0.25, -0.2) is 4.39 Å². The van der Waals surface area contributed by atoms with E-state index in [4.69, 9.17) is 0 Å². The van der Waals surface area contributed by atoms with Crippen LogP contribution in [0.2, 0.25) is 0 Å². The van der Waals surface area contributed by atoms with E-state index in [0.29, 0.717) is 6.54 Å². The van der Waals surface area contributed by atoms with Gasteiger partial charge in [-0.15, -0.1) is 0 Å². The predicted octanol–water partition coefficient (Wildman–Crippen LogP) is 4.34. The van der Waals surface area contributed by atoms with Crippen molar-refractivity contribution in [1.82, 2.24) is 5.32 Å². The molecule has 1 unspecified atom stereocenters. The van der Waals surface area contributed by atoms with E-state index < -0.39 is 0 Å². The molecule has 21 heavy (non-hydrogen) atoms. The molecule has 2 rings (SSSR count). The zero-order valence-electron chi connectivity index (χ0n) is 13.5. The lowest BCUT2D eigenvalue weighted by molar-refractivity contribution is 0.459. The molecule has 1 aromatic carbocycles. The SMILES string of the molecule is CCCNCc1c(F)cccc1N1CCCC(CC)CC1. The molecule has 2 nitrogen and oxygen atoms in total. The fraction of sp³-hybridized carbons (Fsp3) is 0.667. The molecule has 1 heterocycles. The molecule has 0 amide bonds. The van der Waals surface area contributed by atoms with E-state index >= 15 is 0 Å². The van der Waals surface area contributed by atoms with E-state index in [-0.39, 0.29) is 5.82 Å². The molecule has 1 N–H and O–H groups in total. The zero-order chi connectivity index (χ0) is 15.1. The van der Waals surface area contributed by atoms with Crippen molar-refractivity contribution in [2.45, 2.75) is 52.5 Å². The summed E-state index contributed by atoms with van der Waals surface area (Å²) in [6, 6.07) is 5.51. The van der Waals surface area contributed by atoms with Crippen molar-refractivity contribution < 1.29 is 4.39 Å². The summed E-state index contributed by atoms with van der Waals surface area (Å²) in [7, 11) is 0. The number of hydrogen-bond acceptors (Lipinski definition) is 2. The van der Waals surface area contributed by atoms with Crippen molar-refractivity contribution in [1.29, 1.82) is 0 Å². The lowest BCUT2D eigenvalue weighted by Crippen LogP contribution is -2.27. The minimum absolute atomic E-state index is 0.0765. The second-order valence-corrected chi connectivity index (χ2v) is 6.11. The maximum atomic E-state index is 14.2. The summed E-state index contributed by atoms with van der Waals surface area (Å²) in [5.74, 6) is 0.762. The summed E-state index contributed by atoms with van der Waals surface area (Å²) in [5.41, 5.74) is 1.93. The van der Waals surface area contributed by atoms with Crippen LogP contribution >= 0.6 is 0 Å². The Kier molecular flexibility index (Phi) is 6.50. The van der Waals surface area contributed by atoms with E-state index in [1.807, 2.05) is 6.07 Å². The Hall–Kier alpha value is -1.09. The Bertz CT molecular complexity index is 433. The van der Waals surface area contributed by atoms with Gasteiger partial charge in [-0.3, -0.25) is 0 Å². The van der Waals surface area contributed by atoms with Crippen molar-refractivity contribution >= 4 is 5.69 Å².